The standard InChI is InChI=1S/C27H25OP.BrH/c1-5-13-24(14-6-1)23-28-21-22-29(25-15-7-2-8-16-25,26-17-9-3-10-18-26)27-19-11-4-12-20-27;/h1-20,22H,21,23H2;1H. The van der Waals surface area contributed by atoms with Crippen molar-refractivity contribution >= 4 is 45.6 Å². The Balaban J connectivity index is 0.00000256. The Labute approximate surface area is 190 Å². The molecule has 0 radical (unpaired) electrons. The molecule has 0 bridgehead atoms. The van der Waals surface area contributed by atoms with Crippen molar-refractivity contribution in [1.29, 1.82) is 0 Å². The van der Waals surface area contributed by atoms with E-state index < -0.39 is 6.89 Å². The molecular weight excluding hydrogens is 451 g/mol. The second-order valence-electron chi connectivity index (χ2n) is 6.91. The summed E-state index contributed by atoms with van der Waals surface area (Å²) < 4.78 is 6.11. The Morgan fingerprint density at radius 1 is 0.533 bits per heavy atom. The van der Waals surface area contributed by atoms with E-state index in [1.807, 2.05) is 6.07 Å². The van der Waals surface area contributed by atoms with Gasteiger partial charge in [0.05, 0.1) is 13.2 Å². The van der Waals surface area contributed by atoms with Gasteiger partial charge < -0.3 is 4.74 Å². The van der Waals surface area contributed by atoms with Crippen molar-refractivity contribution in [2.24, 2.45) is 0 Å². The fraction of sp³-hybridized carbons (Fsp3) is 0.0741. The maximum absolute atomic E-state index is 6.11. The van der Waals surface area contributed by atoms with Crippen LogP contribution in [0.4, 0.5) is 0 Å². The second kappa shape index (κ2) is 11.1. The minimum atomic E-state index is -1.92. The van der Waals surface area contributed by atoms with Crippen LogP contribution in [-0.4, -0.2) is 12.4 Å². The summed E-state index contributed by atoms with van der Waals surface area (Å²) in [6.07, 6.45) is 0. The van der Waals surface area contributed by atoms with Crippen molar-refractivity contribution in [3.8, 4) is 0 Å². The molecule has 0 N–H and O–H groups in total. The van der Waals surface area contributed by atoms with Gasteiger partial charge in [-0.2, -0.15) is 0 Å². The van der Waals surface area contributed by atoms with E-state index in [0.29, 0.717) is 13.2 Å². The van der Waals surface area contributed by atoms with Crippen LogP contribution in [0.25, 0.3) is 0 Å². The largest absolute Gasteiger partial charge is 0.373 e. The zero-order valence-corrected chi connectivity index (χ0v) is 19.4. The lowest BCUT2D eigenvalue weighted by Crippen LogP contribution is -2.27. The quantitative estimate of drug-likeness (QED) is 0.250. The summed E-state index contributed by atoms with van der Waals surface area (Å²) in [5.74, 6) is 2.41. The van der Waals surface area contributed by atoms with Gasteiger partial charge >= 0.3 is 0 Å². The van der Waals surface area contributed by atoms with Crippen molar-refractivity contribution in [1.82, 2.24) is 0 Å². The molecule has 0 aliphatic heterocycles. The SMILES string of the molecule is Br.C(COCc1ccccc1)=P(c1ccccc1)(c1ccccc1)c1ccccc1. The van der Waals surface area contributed by atoms with Gasteiger partial charge in [0.2, 0.25) is 0 Å². The fourth-order valence-corrected chi connectivity index (χ4v) is 7.45. The summed E-state index contributed by atoms with van der Waals surface area (Å²) in [5.41, 5.74) is 1.20. The van der Waals surface area contributed by atoms with Crippen LogP contribution in [0.2, 0.25) is 0 Å². The Morgan fingerprint density at radius 2 is 0.900 bits per heavy atom. The molecule has 0 atom stereocenters. The van der Waals surface area contributed by atoms with Gasteiger partial charge in [-0.15, -0.1) is 17.0 Å². The number of halogens is 1. The highest BCUT2D eigenvalue weighted by Gasteiger charge is 2.24. The first kappa shape index (κ1) is 22.3. The van der Waals surface area contributed by atoms with Gasteiger partial charge in [0.25, 0.3) is 0 Å². The van der Waals surface area contributed by atoms with Crippen LogP contribution in [0.3, 0.4) is 0 Å². The van der Waals surface area contributed by atoms with Gasteiger partial charge in [0.15, 0.2) is 0 Å². The zero-order chi connectivity index (χ0) is 19.8. The van der Waals surface area contributed by atoms with Crippen molar-refractivity contribution in [3.05, 3.63) is 127 Å². The molecule has 0 spiro atoms. The Morgan fingerprint density at radius 3 is 1.30 bits per heavy atom. The first-order valence-corrected chi connectivity index (χ1v) is 11.8. The molecule has 3 heteroatoms. The Bertz CT molecular complexity index is 961. The van der Waals surface area contributed by atoms with Gasteiger partial charge in [-0.3, -0.25) is 0 Å². The lowest BCUT2D eigenvalue weighted by atomic mass is 10.2. The average molecular weight is 477 g/mol. The second-order valence-corrected chi connectivity index (χ2v) is 10.3. The van der Waals surface area contributed by atoms with Gasteiger partial charge in [-0.1, -0.05) is 121 Å². The smallest absolute Gasteiger partial charge is 0.0721 e. The van der Waals surface area contributed by atoms with E-state index in [1.54, 1.807) is 0 Å². The van der Waals surface area contributed by atoms with Crippen LogP contribution in [0.15, 0.2) is 121 Å². The molecule has 4 aromatic rings. The first-order chi connectivity index (χ1) is 14.4. The number of ether oxygens (including phenoxy) is 1. The lowest BCUT2D eigenvalue weighted by Gasteiger charge is -2.28. The van der Waals surface area contributed by atoms with E-state index >= 15 is 0 Å². The lowest BCUT2D eigenvalue weighted by molar-refractivity contribution is 0.161. The van der Waals surface area contributed by atoms with E-state index in [2.05, 4.69) is 121 Å². The predicted octanol–water partition coefficient (Wildman–Crippen LogP) is 5.58. The summed E-state index contributed by atoms with van der Waals surface area (Å²) in [7, 11) is 0. The predicted molar refractivity (Wildman–Crippen MR) is 138 cm³/mol. The maximum atomic E-state index is 6.11. The topological polar surface area (TPSA) is 9.23 Å². The van der Waals surface area contributed by atoms with E-state index in [4.69, 9.17) is 4.74 Å². The number of hydrogen-bond acceptors (Lipinski definition) is 1. The van der Waals surface area contributed by atoms with E-state index in [-0.39, 0.29) is 17.0 Å². The summed E-state index contributed by atoms with van der Waals surface area (Å²) in [5, 5.41) is 4.04. The number of rotatable bonds is 7. The molecule has 0 aliphatic carbocycles. The number of benzene rings is 4. The highest BCUT2D eigenvalue weighted by molar-refractivity contribution is 8.93. The van der Waals surface area contributed by atoms with E-state index in [0.717, 1.165) is 0 Å². The van der Waals surface area contributed by atoms with E-state index in [1.165, 1.54) is 21.5 Å². The molecule has 1 nitrogen and oxygen atoms in total. The highest BCUT2D eigenvalue weighted by atomic mass is 79.9. The molecule has 0 saturated heterocycles. The van der Waals surface area contributed by atoms with Gasteiger partial charge in [-0.25, -0.2) is 0 Å². The van der Waals surface area contributed by atoms with Crippen molar-refractivity contribution in [2.45, 2.75) is 6.61 Å². The van der Waals surface area contributed by atoms with Gasteiger partial charge in [0, 0.05) is 0 Å². The van der Waals surface area contributed by atoms with Gasteiger partial charge in [-0.05, 0) is 34.2 Å². The first-order valence-electron chi connectivity index (χ1n) is 9.91. The molecule has 4 rings (SSSR count). The minimum absolute atomic E-state index is 0. The van der Waals surface area contributed by atoms with Crippen molar-refractivity contribution < 1.29 is 4.74 Å². The molecule has 0 saturated carbocycles. The fourth-order valence-electron chi connectivity index (χ4n) is 3.67. The molecular formula is C27H26BrOP. The molecule has 0 aliphatic rings. The number of hydrogen-bond donors (Lipinski definition) is 0. The third-order valence-electron chi connectivity index (χ3n) is 5.07. The molecule has 152 valence electrons. The maximum Gasteiger partial charge on any atom is 0.0721 e. The van der Waals surface area contributed by atoms with Crippen LogP contribution in [0, 0.1) is 0 Å². The summed E-state index contributed by atoms with van der Waals surface area (Å²) in [4.78, 5) is 0. The molecule has 0 aromatic heterocycles. The monoisotopic (exact) mass is 476 g/mol. The normalized spacial score (nSPS) is 10.8. The van der Waals surface area contributed by atoms with Crippen LogP contribution < -0.4 is 15.9 Å². The molecule has 30 heavy (non-hydrogen) atoms. The summed E-state index contributed by atoms with van der Waals surface area (Å²) in [6, 6.07) is 42.9. The van der Waals surface area contributed by atoms with Crippen LogP contribution in [0.5, 0.6) is 0 Å². The Hall–Kier alpha value is -2.38. The molecule has 0 fully saturated rings. The molecule has 4 aromatic carbocycles. The molecule has 0 amide bonds. The average Bonchev–Trinajstić information content (AvgIpc) is 2.82. The zero-order valence-electron chi connectivity index (χ0n) is 16.8. The van der Waals surface area contributed by atoms with Crippen LogP contribution in [-0.2, 0) is 11.3 Å². The summed E-state index contributed by atoms with van der Waals surface area (Å²) >= 11 is 0. The third-order valence-corrected chi connectivity index (χ3v) is 9.10. The highest BCUT2D eigenvalue weighted by Crippen LogP contribution is 2.43. The van der Waals surface area contributed by atoms with Crippen LogP contribution in [0.1, 0.15) is 5.56 Å². The molecule has 0 heterocycles. The van der Waals surface area contributed by atoms with Crippen LogP contribution >= 0.6 is 23.9 Å². The van der Waals surface area contributed by atoms with Crippen molar-refractivity contribution in [3.63, 3.8) is 0 Å². The Kier molecular flexibility index (Phi) is 8.28. The third kappa shape index (κ3) is 5.02. The van der Waals surface area contributed by atoms with E-state index in [9.17, 15) is 0 Å². The molecule has 0 unspecified atom stereocenters. The summed E-state index contributed by atoms with van der Waals surface area (Å²) in [6.45, 7) is -0.705. The van der Waals surface area contributed by atoms with Gasteiger partial charge in [0.1, 0.15) is 0 Å². The van der Waals surface area contributed by atoms with Crippen molar-refractivity contribution in [2.75, 3.05) is 6.61 Å². The minimum Gasteiger partial charge on any atom is -0.373 e.